The van der Waals surface area contributed by atoms with Gasteiger partial charge in [-0.1, -0.05) is 34.8 Å². The van der Waals surface area contributed by atoms with E-state index in [-0.39, 0.29) is 68.8 Å². The summed E-state index contributed by atoms with van der Waals surface area (Å²) in [6, 6.07) is 16.6. The molecule has 0 aliphatic rings. The Morgan fingerprint density at radius 1 is 0.476 bits per heavy atom. The third kappa shape index (κ3) is 7.85. The van der Waals surface area contributed by atoms with Crippen molar-refractivity contribution in [2.45, 2.75) is 19.8 Å². The smallest absolute Gasteiger partial charge is 0.338 e. The third-order valence-corrected chi connectivity index (χ3v) is 6.68. The monoisotopic (exact) mass is 630 g/mol. The zero-order chi connectivity index (χ0) is 30.4. The van der Waals surface area contributed by atoms with E-state index in [1.54, 1.807) is 18.2 Å². The number of rotatable bonds is 9. The van der Waals surface area contributed by atoms with Gasteiger partial charge in [0.25, 0.3) is 0 Å². The molecule has 0 aliphatic carbocycles. The molecule has 0 saturated carbocycles. The maximum absolute atomic E-state index is 12.5. The maximum Gasteiger partial charge on any atom is 0.338 e. The number of hydrogen-bond acceptors (Lipinski definition) is 9. The molecule has 0 spiro atoms. The Bertz CT molecular complexity index is 1460. The molecule has 12 heteroatoms. The van der Waals surface area contributed by atoms with Gasteiger partial charge in [-0.2, -0.15) is 0 Å². The van der Waals surface area contributed by atoms with Crippen molar-refractivity contribution in [2.75, 3.05) is 0 Å². The molecule has 216 valence electrons. The van der Waals surface area contributed by atoms with Gasteiger partial charge in [0.15, 0.2) is 0 Å². The number of carbonyl (C=O) groups is 3. The highest BCUT2D eigenvalue weighted by Gasteiger charge is 2.15. The number of phenolic OH excluding ortho intramolecular Hbond substituents is 3. The van der Waals surface area contributed by atoms with Crippen LogP contribution in [0.15, 0.2) is 72.8 Å². The number of ether oxygens (including phenoxy) is 3. The van der Waals surface area contributed by atoms with Gasteiger partial charge in [-0.15, -0.1) is 0 Å². The molecule has 0 heterocycles. The highest BCUT2D eigenvalue weighted by Crippen LogP contribution is 2.26. The quantitative estimate of drug-likeness (QED) is 0.134. The summed E-state index contributed by atoms with van der Waals surface area (Å²) in [5.41, 5.74) is 1.85. The molecule has 0 aliphatic heterocycles. The fraction of sp³-hybridized carbons (Fsp3) is 0.100. The second-order valence-corrected chi connectivity index (χ2v) is 10.1. The summed E-state index contributed by atoms with van der Waals surface area (Å²) in [4.78, 5) is 37.6. The summed E-state index contributed by atoms with van der Waals surface area (Å²) in [5, 5.41) is 28.7. The highest BCUT2D eigenvalue weighted by molar-refractivity contribution is 6.33. The number of aromatic hydroxyl groups is 3. The van der Waals surface area contributed by atoms with E-state index in [4.69, 9.17) is 49.0 Å². The van der Waals surface area contributed by atoms with Crippen LogP contribution in [0.2, 0.25) is 15.1 Å². The molecule has 42 heavy (non-hydrogen) atoms. The van der Waals surface area contributed by atoms with Crippen LogP contribution in [0.4, 0.5) is 0 Å². The molecule has 0 radical (unpaired) electrons. The summed E-state index contributed by atoms with van der Waals surface area (Å²) >= 11 is 17.6. The number of halogens is 3. The Morgan fingerprint density at radius 3 is 0.976 bits per heavy atom. The molecular formula is C30H21Cl3O9. The van der Waals surface area contributed by atoms with Gasteiger partial charge in [0.05, 0.1) is 31.8 Å². The first-order valence-corrected chi connectivity index (χ1v) is 13.2. The fourth-order valence-corrected chi connectivity index (χ4v) is 4.23. The number of benzene rings is 4. The number of phenols is 3. The molecule has 0 bridgehead atoms. The van der Waals surface area contributed by atoms with Crippen molar-refractivity contribution in [3.8, 4) is 17.2 Å². The van der Waals surface area contributed by atoms with Crippen LogP contribution >= 0.6 is 34.8 Å². The normalized spacial score (nSPS) is 10.6. The second-order valence-electron chi connectivity index (χ2n) is 8.88. The minimum atomic E-state index is -0.699. The zero-order valence-corrected chi connectivity index (χ0v) is 23.7. The topological polar surface area (TPSA) is 140 Å². The van der Waals surface area contributed by atoms with Gasteiger partial charge >= 0.3 is 17.9 Å². The van der Waals surface area contributed by atoms with E-state index in [0.29, 0.717) is 16.7 Å². The molecule has 3 N–H and O–H groups in total. The van der Waals surface area contributed by atoms with Gasteiger partial charge < -0.3 is 29.5 Å². The predicted molar refractivity (Wildman–Crippen MR) is 153 cm³/mol. The summed E-state index contributed by atoms with van der Waals surface area (Å²) in [6.45, 7) is -0.580. The van der Waals surface area contributed by atoms with E-state index in [9.17, 15) is 29.7 Å². The second kappa shape index (κ2) is 13.5. The molecule has 4 aromatic rings. The van der Waals surface area contributed by atoms with Gasteiger partial charge in [-0.05, 0) is 89.5 Å². The summed E-state index contributed by atoms with van der Waals surface area (Å²) in [6.07, 6.45) is 0. The Hall–Kier alpha value is -4.44. The summed E-state index contributed by atoms with van der Waals surface area (Å²) in [7, 11) is 0. The van der Waals surface area contributed by atoms with Crippen molar-refractivity contribution in [3.63, 3.8) is 0 Å². The van der Waals surface area contributed by atoms with E-state index in [1.165, 1.54) is 54.6 Å². The lowest BCUT2D eigenvalue weighted by molar-refractivity contribution is 0.0471. The lowest BCUT2D eigenvalue weighted by Gasteiger charge is -2.12. The Balaban J connectivity index is 1.50. The van der Waals surface area contributed by atoms with E-state index in [1.807, 2.05) is 0 Å². The van der Waals surface area contributed by atoms with Crippen LogP contribution in [0.5, 0.6) is 17.2 Å². The zero-order valence-electron chi connectivity index (χ0n) is 21.5. The molecule has 0 aromatic heterocycles. The molecule has 9 nitrogen and oxygen atoms in total. The summed E-state index contributed by atoms with van der Waals surface area (Å²) < 4.78 is 16.2. The van der Waals surface area contributed by atoms with Gasteiger partial charge in [0, 0.05) is 0 Å². The van der Waals surface area contributed by atoms with Crippen molar-refractivity contribution in [3.05, 3.63) is 121 Å². The number of carbonyl (C=O) groups excluding carboxylic acids is 3. The van der Waals surface area contributed by atoms with E-state index < -0.39 is 17.9 Å². The SMILES string of the molecule is O=C(OCc1cc(COC(=O)c2ccc(O)c(Cl)c2)cc(COC(=O)c2ccc(O)c(Cl)c2)c1)c1ccc(O)c(Cl)c1. The Morgan fingerprint density at radius 2 is 0.738 bits per heavy atom. The van der Waals surface area contributed by atoms with Crippen LogP contribution in [-0.4, -0.2) is 33.2 Å². The lowest BCUT2D eigenvalue weighted by atomic mass is 10.1. The predicted octanol–water partition coefficient (Wildman–Crippen LogP) is 6.83. The largest absolute Gasteiger partial charge is 0.506 e. The van der Waals surface area contributed by atoms with Gasteiger partial charge in [0.1, 0.15) is 37.1 Å². The maximum atomic E-state index is 12.5. The van der Waals surface area contributed by atoms with Crippen LogP contribution in [0, 0.1) is 0 Å². The highest BCUT2D eigenvalue weighted by atomic mass is 35.5. The molecule has 0 fully saturated rings. The van der Waals surface area contributed by atoms with Crippen LogP contribution in [0.3, 0.4) is 0 Å². The molecule has 4 rings (SSSR count). The number of esters is 3. The van der Waals surface area contributed by atoms with E-state index in [0.717, 1.165) is 0 Å². The molecule has 4 aromatic carbocycles. The Labute approximate surface area is 254 Å². The first-order chi connectivity index (χ1) is 20.0. The van der Waals surface area contributed by atoms with Crippen LogP contribution in [0.1, 0.15) is 47.8 Å². The van der Waals surface area contributed by atoms with Crippen molar-refractivity contribution in [1.29, 1.82) is 0 Å². The minimum Gasteiger partial charge on any atom is -0.506 e. The molecule has 0 unspecified atom stereocenters. The van der Waals surface area contributed by atoms with Gasteiger partial charge in [0.2, 0.25) is 0 Å². The van der Waals surface area contributed by atoms with Gasteiger partial charge in [-0.25, -0.2) is 14.4 Å². The van der Waals surface area contributed by atoms with E-state index >= 15 is 0 Å². The van der Waals surface area contributed by atoms with Crippen molar-refractivity contribution >= 4 is 52.7 Å². The molecule has 0 atom stereocenters. The Kier molecular flexibility index (Phi) is 9.80. The third-order valence-electron chi connectivity index (χ3n) is 5.77. The minimum absolute atomic E-state index is 0.0119. The first-order valence-electron chi connectivity index (χ1n) is 12.1. The van der Waals surface area contributed by atoms with E-state index in [2.05, 4.69) is 0 Å². The molecule has 0 amide bonds. The van der Waals surface area contributed by atoms with Crippen LogP contribution < -0.4 is 0 Å². The molecular weight excluding hydrogens is 611 g/mol. The number of hydrogen-bond donors (Lipinski definition) is 3. The fourth-order valence-electron chi connectivity index (χ4n) is 3.69. The molecule has 0 saturated heterocycles. The summed E-state index contributed by atoms with van der Waals surface area (Å²) in [5.74, 6) is -2.64. The average molecular weight is 632 g/mol. The van der Waals surface area contributed by atoms with Crippen molar-refractivity contribution < 1.29 is 43.9 Å². The van der Waals surface area contributed by atoms with Crippen molar-refractivity contribution in [1.82, 2.24) is 0 Å². The van der Waals surface area contributed by atoms with Gasteiger partial charge in [-0.3, -0.25) is 0 Å². The standard InChI is InChI=1S/C30H21Cl3O9/c31-22-10-19(1-4-25(22)34)28(37)40-13-16-7-17(14-41-29(38)20-2-5-26(35)23(32)11-20)9-18(8-16)15-42-30(39)21-3-6-27(36)24(33)12-21/h1-12,34-36H,13-15H2. The average Bonchev–Trinajstić information content (AvgIpc) is 2.97. The van der Waals surface area contributed by atoms with Crippen LogP contribution in [0.25, 0.3) is 0 Å². The lowest BCUT2D eigenvalue weighted by Crippen LogP contribution is -2.09. The van der Waals surface area contributed by atoms with Crippen molar-refractivity contribution in [2.24, 2.45) is 0 Å². The van der Waals surface area contributed by atoms with Crippen LogP contribution in [-0.2, 0) is 34.0 Å². The first kappa shape index (κ1) is 30.5.